The molecule has 0 aliphatic carbocycles. The van der Waals surface area contributed by atoms with Crippen molar-refractivity contribution < 1.29 is 8.42 Å². The number of sulfonamides is 1. The Bertz CT molecular complexity index is 947. The van der Waals surface area contributed by atoms with Gasteiger partial charge in [-0.2, -0.15) is 0 Å². The minimum Gasteiger partial charge on any atom is -0.207 e. The molecule has 1 atom stereocenters. The van der Waals surface area contributed by atoms with Gasteiger partial charge in [-0.25, -0.2) is 13.1 Å². The van der Waals surface area contributed by atoms with Gasteiger partial charge in [-0.05, 0) is 47.4 Å². The topological polar surface area (TPSA) is 46.2 Å². The van der Waals surface area contributed by atoms with Crippen molar-refractivity contribution >= 4 is 20.8 Å². The molecular formula is C20H21NO2S. The number of fused-ring (bicyclic) bond motifs is 1. The predicted molar refractivity (Wildman–Crippen MR) is 98.5 cm³/mol. The molecule has 0 saturated carbocycles. The van der Waals surface area contributed by atoms with E-state index in [1.54, 1.807) is 12.1 Å². The first-order valence-electron chi connectivity index (χ1n) is 8.09. The molecule has 3 nitrogen and oxygen atoms in total. The Labute approximate surface area is 143 Å². The molecule has 0 spiro atoms. The molecule has 0 aliphatic rings. The van der Waals surface area contributed by atoms with Gasteiger partial charge < -0.3 is 0 Å². The third kappa shape index (κ3) is 3.50. The maximum Gasteiger partial charge on any atom is 0.241 e. The van der Waals surface area contributed by atoms with E-state index in [1.165, 1.54) is 5.56 Å². The number of hydrogen-bond donors (Lipinski definition) is 1. The Morgan fingerprint density at radius 2 is 1.58 bits per heavy atom. The van der Waals surface area contributed by atoms with Crippen LogP contribution >= 0.6 is 0 Å². The molecule has 4 heteroatoms. The lowest BCUT2D eigenvalue weighted by molar-refractivity contribution is 0.567. The van der Waals surface area contributed by atoms with Gasteiger partial charge in [-0.1, -0.05) is 61.5 Å². The summed E-state index contributed by atoms with van der Waals surface area (Å²) in [6, 6.07) is 20.7. The van der Waals surface area contributed by atoms with E-state index in [2.05, 4.69) is 11.6 Å². The number of benzene rings is 3. The van der Waals surface area contributed by atoms with Crippen LogP contribution in [-0.4, -0.2) is 8.42 Å². The number of nitrogens with one attached hydrogen (secondary N) is 1. The molecule has 0 aromatic heterocycles. The molecule has 0 bridgehead atoms. The number of rotatable bonds is 5. The fourth-order valence-corrected chi connectivity index (χ4v) is 4.01. The first-order valence-corrected chi connectivity index (χ1v) is 9.58. The molecule has 3 aromatic rings. The van der Waals surface area contributed by atoms with Crippen molar-refractivity contribution in [1.29, 1.82) is 0 Å². The Hall–Kier alpha value is -2.17. The highest BCUT2D eigenvalue weighted by Gasteiger charge is 2.18. The average Bonchev–Trinajstić information content (AvgIpc) is 2.61. The third-order valence-electron chi connectivity index (χ3n) is 4.25. The Kier molecular flexibility index (Phi) is 4.69. The molecule has 0 radical (unpaired) electrons. The zero-order valence-electron chi connectivity index (χ0n) is 13.9. The zero-order valence-corrected chi connectivity index (χ0v) is 14.7. The summed E-state index contributed by atoms with van der Waals surface area (Å²) in [5.74, 6) is 0. The quantitative estimate of drug-likeness (QED) is 0.747. The van der Waals surface area contributed by atoms with Crippen LogP contribution in [0.5, 0.6) is 0 Å². The van der Waals surface area contributed by atoms with Crippen LogP contribution in [0.2, 0.25) is 0 Å². The molecule has 0 aliphatic heterocycles. The van der Waals surface area contributed by atoms with Crippen LogP contribution in [0, 0.1) is 0 Å². The summed E-state index contributed by atoms with van der Waals surface area (Å²) < 4.78 is 28.1. The summed E-state index contributed by atoms with van der Waals surface area (Å²) >= 11 is 0. The van der Waals surface area contributed by atoms with E-state index < -0.39 is 10.0 Å². The number of hydrogen-bond acceptors (Lipinski definition) is 2. The van der Waals surface area contributed by atoms with Crippen molar-refractivity contribution in [3.8, 4) is 0 Å². The Balaban J connectivity index is 1.85. The lowest BCUT2D eigenvalue weighted by Gasteiger charge is -2.15. The van der Waals surface area contributed by atoms with Gasteiger partial charge in [0.1, 0.15) is 0 Å². The van der Waals surface area contributed by atoms with Crippen molar-refractivity contribution in [2.45, 2.75) is 31.2 Å². The first kappa shape index (κ1) is 16.7. The normalized spacial score (nSPS) is 13.1. The molecule has 24 heavy (non-hydrogen) atoms. The van der Waals surface area contributed by atoms with E-state index in [1.807, 2.05) is 61.5 Å². The predicted octanol–water partition coefficient (Wildman–Crippen LogP) is 4.44. The molecule has 0 amide bonds. The second kappa shape index (κ2) is 6.75. The van der Waals surface area contributed by atoms with Crippen molar-refractivity contribution in [1.82, 2.24) is 4.72 Å². The second-order valence-corrected chi connectivity index (χ2v) is 7.66. The highest BCUT2D eigenvalue weighted by Crippen LogP contribution is 2.21. The fourth-order valence-electron chi connectivity index (χ4n) is 2.75. The highest BCUT2D eigenvalue weighted by atomic mass is 32.2. The van der Waals surface area contributed by atoms with Gasteiger partial charge in [0.15, 0.2) is 0 Å². The van der Waals surface area contributed by atoms with Crippen molar-refractivity contribution in [2.75, 3.05) is 0 Å². The van der Waals surface area contributed by atoms with Gasteiger partial charge in [0, 0.05) is 6.04 Å². The van der Waals surface area contributed by atoms with Gasteiger partial charge in [-0.3, -0.25) is 0 Å². The van der Waals surface area contributed by atoms with Crippen LogP contribution in [0.15, 0.2) is 71.6 Å². The number of aryl methyl sites for hydroxylation is 1. The zero-order chi connectivity index (χ0) is 17.2. The molecule has 1 N–H and O–H groups in total. The SMILES string of the molecule is CCc1ccc(C(C)NS(=O)(=O)c2ccc3ccccc3c2)cc1. The third-order valence-corrected chi connectivity index (χ3v) is 5.79. The summed E-state index contributed by atoms with van der Waals surface area (Å²) in [6.07, 6.45) is 0.970. The van der Waals surface area contributed by atoms with E-state index in [0.29, 0.717) is 4.90 Å². The molecular weight excluding hydrogens is 318 g/mol. The van der Waals surface area contributed by atoms with Crippen LogP contribution in [0.3, 0.4) is 0 Å². The first-order chi connectivity index (χ1) is 11.5. The molecule has 124 valence electrons. The van der Waals surface area contributed by atoms with E-state index >= 15 is 0 Å². The lowest BCUT2D eigenvalue weighted by atomic mass is 10.1. The second-order valence-electron chi connectivity index (χ2n) is 5.95. The molecule has 0 saturated heterocycles. The summed E-state index contributed by atoms with van der Waals surface area (Å²) in [5.41, 5.74) is 2.19. The van der Waals surface area contributed by atoms with Gasteiger partial charge in [0.05, 0.1) is 4.90 Å². The van der Waals surface area contributed by atoms with Crippen molar-refractivity contribution in [2.24, 2.45) is 0 Å². The van der Waals surface area contributed by atoms with Crippen LogP contribution in [0.1, 0.15) is 31.0 Å². The van der Waals surface area contributed by atoms with Crippen molar-refractivity contribution in [3.05, 3.63) is 77.9 Å². The van der Waals surface area contributed by atoms with Gasteiger partial charge in [-0.15, -0.1) is 0 Å². The molecule has 3 aromatic carbocycles. The smallest absolute Gasteiger partial charge is 0.207 e. The van der Waals surface area contributed by atoms with Gasteiger partial charge in [0.2, 0.25) is 10.0 Å². The molecule has 0 heterocycles. The largest absolute Gasteiger partial charge is 0.241 e. The molecule has 0 fully saturated rings. The Morgan fingerprint density at radius 1 is 0.917 bits per heavy atom. The average molecular weight is 339 g/mol. The van der Waals surface area contributed by atoms with Gasteiger partial charge in [0.25, 0.3) is 0 Å². The minimum absolute atomic E-state index is 0.285. The van der Waals surface area contributed by atoms with Crippen LogP contribution in [0.4, 0.5) is 0 Å². The van der Waals surface area contributed by atoms with Gasteiger partial charge >= 0.3 is 0 Å². The molecule has 1 unspecified atom stereocenters. The van der Waals surface area contributed by atoms with Crippen LogP contribution < -0.4 is 4.72 Å². The maximum atomic E-state index is 12.7. The highest BCUT2D eigenvalue weighted by molar-refractivity contribution is 7.89. The fraction of sp³-hybridized carbons (Fsp3) is 0.200. The van der Waals surface area contributed by atoms with E-state index in [-0.39, 0.29) is 6.04 Å². The monoisotopic (exact) mass is 339 g/mol. The molecule has 3 rings (SSSR count). The van der Waals surface area contributed by atoms with E-state index in [9.17, 15) is 8.42 Å². The minimum atomic E-state index is -3.56. The standard InChI is InChI=1S/C20H21NO2S/c1-3-16-8-10-17(11-9-16)15(2)21-24(22,23)20-13-12-18-6-4-5-7-19(18)14-20/h4-15,21H,3H2,1-2H3. The Morgan fingerprint density at radius 3 is 2.25 bits per heavy atom. The van der Waals surface area contributed by atoms with Crippen LogP contribution in [-0.2, 0) is 16.4 Å². The van der Waals surface area contributed by atoms with E-state index in [0.717, 1.165) is 22.8 Å². The van der Waals surface area contributed by atoms with E-state index in [4.69, 9.17) is 0 Å². The summed E-state index contributed by atoms with van der Waals surface area (Å²) in [4.78, 5) is 0.290. The maximum absolute atomic E-state index is 12.7. The summed E-state index contributed by atoms with van der Waals surface area (Å²) in [7, 11) is -3.56. The summed E-state index contributed by atoms with van der Waals surface area (Å²) in [5, 5.41) is 1.94. The lowest BCUT2D eigenvalue weighted by Crippen LogP contribution is -2.26. The van der Waals surface area contributed by atoms with Crippen LogP contribution in [0.25, 0.3) is 10.8 Å². The van der Waals surface area contributed by atoms with Crippen molar-refractivity contribution in [3.63, 3.8) is 0 Å². The summed E-state index contributed by atoms with van der Waals surface area (Å²) in [6.45, 7) is 3.96.